The largest absolute Gasteiger partial charge is 0.382 e. The first-order valence-electron chi connectivity index (χ1n) is 12.0. The highest BCUT2D eigenvalue weighted by Crippen LogP contribution is 2.32. The van der Waals surface area contributed by atoms with Crippen LogP contribution >= 0.6 is 11.6 Å². The van der Waals surface area contributed by atoms with E-state index in [2.05, 4.69) is 68.2 Å². The average Bonchev–Trinajstić information content (AvgIpc) is 3.34. The van der Waals surface area contributed by atoms with E-state index in [9.17, 15) is 0 Å². The van der Waals surface area contributed by atoms with Crippen molar-refractivity contribution >= 4 is 28.2 Å². The topological polar surface area (TPSA) is 60.1 Å². The van der Waals surface area contributed by atoms with E-state index >= 15 is 0 Å². The van der Waals surface area contributed by atoms with Gasteiger partial charge in [-0.2, -0.15) is 0 Å². The molecule has 3 heterocycles. The summed E-state index contributed by atoms with van der Waals surface area (Å²) in [5, 5.41) is 5.36. The molecule has 1 saturated heterocycles. The van der Waals surface area contributed by atoms with Crippen molar-refractivity contribution in [2.45, 2.75) is 19.9 Å². The molecular weight excluding hydrogens is 444 g/mol. The van der Waals surface area contributed by atoms with Gasteiger partial charge in [-0.05, 0) is 44.2 Å². The molecular formula is C27H31ClN6. The Balaban J connectivity index is 1.28. The molecule has 2 aromatic carbocycles. The van der Waals surface area contributed by atoms with Crippen LogP contribution in [0.25, 0.3) is 33.4 Å². The fourth-order valence-corrected chi connectivity index (χ4v) is 4.80. The molecule has 4 aromatic rings. The summed E-state index contributed by atoms with van der Waals surface area (Å²) < 4.78 is 0. The summed E-state index contributed by atoms with van der Waals surface area (Å²) in [6.07, 6.45) is 3.65. The maximum atomic E-state index is 6.21. The zero-order chi connectivity index (χ0) is 23.5. The molecule has 0 amide bonds. The summed E-state index contributed by atoms with van der Waals surface area (Å²) in [5.41, 5.74) is 5.94. The number of nitrogens with zero attached hydrogens (tertiary/aromatic N) is 4. The van der Waals surface area contributed by atoms with Crippen molar-refractivity contribution in [2.75, 3.05) is 44.6 Å². The highest BCUT2D eigenvalue weighted by Gasteiger charge is 2.18. The summed E-state index contributed by atoms with van der Waals surface area (Å²) in [4.78, 5) is 17.6. The molecule has 6 nitrogen and oxygen atoms in total. The summed E-state index contributed by atoms with van der Waals surface area (Å²) in [6.45, 7) is 11.1. The number of fused-ring (bicyclic) bond motifs is 1. The number of nitrogens with one attached hydrogen (secondary N) is 2. The van der Waals surface area contributed by atoms with Crippen LogP contribution in [0.3, 0.4) is 0 Å². The van der Waals surface area contributed by atoms with Gasteiger partial charge in [-0.25, -0.2) is 4.98 Å². The first-order valence-corrected chi connectivity index (χ1v) is 12.3. The molecule has 5 rings (SSSR count). The Kier molecular flexibility index (Phi) is 6.81. The number of piperazine rings is 1. The molecule has 34 heavy (non-hydrogen) atoms. The van der Waals surface area contributed by atoms with Gasteiger partial charge in [0.05, 0.1) is 35.1 Å². The maximum Gasteiger partial charge on any atom is 0.0961 e. The van der Waals surface area contributed by atoms with E-state index in [1.54, 1.807) is 6.33 Å². The van der Waals surface area contributed by atoms with Gasteiger partial charge >= 0.3 is 0 Å². The minimum Gasteiger partial charge on any atom is -0.382 e. The summed E-state index contributed by atoms with van der Waals surface area (Å²) in [5.74, 6) is 0. The molecule has 0 atom stereocenters. The monoisotopic (exact) mass is 474 g/mol. The zero-order valence-corrected chi connectivity index (χ0v) is 20.5. The molecule has 0 unspecified atom stereocenters. The fraction of sp³-hybridized carbons (Fsp3) is 0.333. The normalized spacial score (nSPS) is 15.3. The number of hydrogen-bond donors (Lipinski definition) is 2. The average molecular weight is 475 g/mol. The smallest absolute Gasteiger partial charge is 0.0961 e. The minimum absolute atomic E-state index is 0.636. The predicted octanol–water partition coefficient (Wildman–Crippen LogP) is 5.38. The van der Waals surface area contributed by atoms with Gasteiger partial charge in [-0.3, -0.25) is 14.8 Å². The third-order valence-corrected chi connectivity index (χ3v) is 6.84. The number of benzene rings is 2. The number of imidazole rings is 1. The van der Waals surface area contributed by atoms with Gasteiger partial charge in [0.1, 0.15) is 0 Å². The summed E-state index contributed by atoms with van der Waals surface area (Å²) in [7, 11) is 0. The van der Waals surface area contributed by atoms with Gasteiger partial charge in [0.15, 0.2) is 0 Å². The summed E-state index contributed by atoms with van der Waals surface area (Å²) >= 11 is 6.21. The van der Waals surface area contributed by atoms with E-state index in [-0.39, 0.29) is 0 Å². The lowest BCUT2D eigenvalue weighted by molar-refractivity contribution is 0.111. The van der Waals surface area contributed by atoms with Crippen LogP contribution in [-0.4, -0.2) is 70.1 Å². The quantitative estimate of drug-likeness (QED) is 0.376. The van der Waals surface area contributed by atoms with E-state index in [1.165, 1.54) is 0 Å². The van der Waals surface area contributed by atoms with Crippen LogP contribution in [0.2, 0.25) is 5.02 Å². The summed E-state index contributed by atoms with van der Waals surface area (Å²) in [6, 6.07) is 16.9. The predicted molar refractivity (Wildman–Crippen MR) is 141 cm³/mol. The zero-order valence-electron chi connectivity index (χ0n) is 19.8. The number of aromatic nitrogens is 3. The van der Waals surface area contributed by atoms with Crippen molar-refractivity contribution in [2.24, 2.45) is 0 Å². The number of aromatic amines is 1. The maximum absolute atomic E-state index is 6.21. The number of anilines is 1. The Morgan fingerprint density at radius 3 is 2.65 bits per heavy atom. The second-order valence-electron chi connectivity index (χ2n) is 9.17. The van der Waals surface area contributed by atoms with E-state index in [1.807, 2.05) is 30.5 Å². The van der Waals surface area contributed by atoms with Gasteiger partial charge < -0.3 is 10.3 Å². The molecule has 2 N–H and O–H groups in total. The van der Waals surface area contributed by atoms with Gasteiger partial charge in [-0.15, -0.1) is 0 Å². The second kappa shape index (κ2) is 10.1. The molecule has 0 spiro atoms. The Morgan fingerprint density at radius 2 is 1.85 bits per heavy atom. The molecule has 2 aromatic heterocycles. The van der Waals surface area contributed by atoms with Crippen molar-refractivity contribution in [3.8, 4) is 22.5 Å². The molecule has 1 aliphatic rings. The van der Waals surface area contributed by atoms with Gasteiger partial charge in [0.25, 0.3) is 0 Å². The lowest BCUT2D eigenvalue weighted by Gasteiger charge is -2.36. The van der Waals surface area contributed by atoms with E-state index in [4.69, 9.17) is 11.6 Å². The Labute approximate surface area is 206 Å². The minimum atomic E-state index is 0.636. The third kappa shape index (κ3) is 5.09. The van der Waals surface area contributed by atoms with Crippen molar-refractivity contribution < 1.29 is 0 Å². The van der Waals surface area contributed by atoms with E-state index in [0.717, 1.165) is 78.4 Å². The van der Waals surface area contributed by atoms with Crippen LogP contribution in [0.5, 0.6) is 0 Å². The highest BCUT2D eigenvalue weighted by molar-refractivity contribution is 6.30. The number of rotatable bonds is 7. The molecule has 176 valence electrons. The first kappa shape index (κ1) is 22.8. The van der Waals surface area contributed by atoms with Crippen LogP contribution in [0, 0.1) is 0 Å². The van der Waals surface area contributed by atoms with Gasteiger partial charge in [-0.1, -0.05) is 29.8 Å². The molecule has 1 aliphatic heterocycles. The van der Waals surface area contributed by atoms with Crippen LogP contribution in [0.4, 0.5) is 5.69 Å². The molecule has 0 radical (unpaired) electrons. The van der Waals surface area contributed by atoms with Crippen molar-refractivity contribution in [1.29, 1.82) is 0 Å². The Bertz CT molecular complexity index is 1260. The second-order valence-corrected chi connectivity index (χ2v) is 9.60. The van der Waals surface area contributed by atoms with Crippen LogP contribution in [0.15, 0.2) is 61.1 Å². The van der Waals surface area contributed by atoms with E-state index < -0.39 is 0 Å². The standard InChI is InChI=1S/C27H31ClN6/c1-19(2)34-12-10-33(11-13-34)9-8-29-24-16-22-14-21(6-7-25(22)30-17-24)27-26(31-18-32-27)20-4-3-5-23(28)15-20/h3-7,14-19,29H,8-13H2,1-2H3,(H,31,32). The number of H-pyrrole nitrogens is 1. The molecule has 1 fully saturated rings. The molecule has 0 saturated carbocycles. The molecule has 7 heteroatoms. The lowest BCUT2D eigenvalue weighted by Crippen LogP contribution is -2.49. The van der Waals surface area contributed by atoms with Crippen LogP contribution in [-0.2, 0) is 0 Å². The Hall–Kier alpha value is -2.93. The lowest BCUT2D eigenvalue weighted by atomic mass is 10.0. The fourth-order valence-electron chi connectivity index (χ4n) is 4.61. The molecule has 0 aliphatic carbocycles. The van der Waals surface area contributed by atoms with Crippen molar-refractivity contribution in [3.63, 3.8) is 0 Å². The van der Waals surface area contributed by atoms with Crippen LogP contribution < -0.4 is 5.32 Å². The highest BCUT2D eigenvalue weighted by atomic mass is 35.5. The third-order valence-electron chi connectivity index (χ3n) is 6.60. The Morgan fingerprint density at radius 1 is 1.00 bits per heavy atom. The van der Waals surface area contributed by atoms with Crippen LogP contribution in [0.1, 0.15) is 13.8 Å². The van der Waals surface area contributed by atoms with Gasteiger partial charge in [0.2, 0.25) is 0 Å². The number of hydrogen-bond acceptors (Lipinski definition) is 5. The van der Waals surface area contributed by atoms with Crippen molar-refractivity contribution in [3.05, 3.63) is 66.1 Å². The SMILES string of the molecule is CC(C)N1CCN(CCNc2cnc3ccc(-c4nc[nH]c4-c4cccc(Cl)c4)cc3c2)CC1. The first-order chi connectivity index (χ1) is 16.6. The van der Waals surface area contributed by atoms with Gasteiger partial charge in [0, 0.05) is 66.8 Å². The van der Waals surface area contributed by atoms with E-state index in [0.29, 0.717) is 11.1 Å². The number of pyridine rings is 1. The van der Waals surface area contributed by atoms with Crippen molar-refractivity contribution in [1.82, 2.24) is 24.8 Å². The molecule has 0 bridgehead atoms. The number of halogens is 1.